The molecule has 0 aliphatic carbocycles. The van der Waals surface area contributed by atoms with Gasteiger partial charge >= 0.3 is 5.97 Å². The number of carboxylic acid groups (broad SMARTS) is 1. The van der Waals surface area contributed by atoms with Gasteiger partial charge in [0.1, 0.15) is 5.82 Å². The first kappa shape index (κ1) is 16.6. The smallest absolute Gasteiger partial charge is 0.338 e. The fourth-order valence-electron chi connectivity index (χ4n) is 1.50. The summed E-state index contributed by atoms with van der Waals surface area (Å²) in [5, 5.41) is 8.77. The number of ether oxygens (including phenoxy) is 1. The van der Waals surface area contributed by atoms with Gasteiger partial charge in [-0.25, -0.2) is 17.6 Å². The first-order valence-electron chi connectivity index (χ1n) is 6.22. The van der Waals surface area contributed by atoms with Crippen LogP contribution in [0.15, 0.2) is 23.1 Å². The van der Waals surface area contributed by atoms with E-state index in [-0.39, 0.29) is 17.3 Å². The number of hydrogen-bond donors (Lipinski definition) is 1. The van der Waals surface area contributed by atoms with Crippen molar-refractivity contribution in [3.8, 4) is 0 Å². The van der Waals surface area contributed by atoms with Gasteiger partial charge in [0.15, 0.2) is 9.84 Å². The number of rotatable bonds is 8. The van der Waals surface area contributed by atoms with Gasteiger partial charge in [-0.15, -0.1) is 0 Å². The van der Waals surface area contributed by atoms with Gasteiger partial charge in [0, 0.05) is 6.61 Å². The molecule has 1 aromatic carbocycles. The van der Waals surface area contributed by atoms with Crippen LogP contribution < -0.4 is 0 Å². The molecule has 0 saturated carbocycles. The molecule has 7 heteroatoms. The van der Waals surface area contributed by atoms with Crippen LogP contribution in [0.3, 0.4) is 0 Å². The summed E-state index contributed by atoms with van der Waals surface area (Å²) in [6.45, 7) is 2.50. The number of aromatic carboxylic acids is 1. The second-order valence-electron chi connectivity index (χ2n) is 4.23. The fourth-order valence-corrected chi connectivity index (χ4v) is 2.64. The Morgan fingerprint density at radius 2 is 2.05 bits per heavy atom. The van der Waals surface area contributed by atoms with Crippen LogP contribution in [0, 0.1) is 5.82 Å². The molecule has 5 nitrogen and oxygen atoms in total. The van der Waals surface area contributed by atoms with E-state index in [1.54, 1.807) is 0 Å². The lowest BCUT2D eigenvalue weighted by Crippen LogP contribution is -2.14. The highest BCUT2D eigenvalue weighted by atomic mass is 32.2. The van der Waals surface area contributed by atoms with Gasteiger partial charge in [0.05, 0.1) is 22.8 Å². The lowest BCUT2D eigenvalue weighted by Gasteiger charge is -2.07. The summed E-state index contributed by atoms with van der Waals surface area (Å²) in [7, 11) is -3.68. The molecule has 0 spiro atoms. The zero-order valence-electron chi connectivity index (χ0n) is 11.1. The van der Waals surface area contributed by atoms with Crippen LogP contribution in [-0.2, 0) is 14.6 Å². The average molecular weight is 304 g/mol. The largest absolute Gasteiger partial charge is 0.478 e. The molecule has 0 aromatic heterocycles. The Hall–Kier alpha value is -1.47. The second kappa shape index (κ2) is 7.35. The Bertz CT molecular complexity index is 568. The van der Waals surface area contributed by atoms with Gasteiger partial charge < -0.3 is 9.84 Å². The normalized spacial score (nSPS) is 11.5. The molecular weight excluding hydrogens is 287 g/mol. The number of hydrogen-bond acceptors (Lipinski definition) is 4. The molecule has 1 aromatic rings. The Balaban J connectivity index is 2.77. The van der Waals surface area contributed by atoms with Gasteiger partial charge in [-0.3, -0.25) is 0 Å². The molecule has 0 fully saturated rings. The van der Waals surface area contributed by atoms with Gasteiger partial charge in [-0.05, 0) is 24.6 Å². The van der Waals surface area contributed by atoms with Crippen molar-refractivity contribution in [2.75, 3.05) is 19.0 Å². The average Bonchev–Trinajstić information content (AvgIpc) is 2.38. The SMILES string of the molecule is CCCCOCCS(=O)(=O)c1ccc(F)c(C(=O)O)c1. The second-order valence-corrected chi connectivity index (χ2v) is 6.34. The van der Waals surface area contributed by atoms with E-state index in [1.165, 1.54) is 0 Å². The van der Waals surface area contributed by atoms with Crippen molar-refractivity contribution in [2.45, 2.75) is 24.7 Å². The van der Waals surface area contributed by atoms with Crippen molar-refractivity contribution >= 4 is 15.8 Å². The molecule has 0 unspecified atom stereocenters. The molecule has 112 valence electrons. The minimum atomic E-state index is -3.68. The Morgan fingerprint density at radius 3 is 2.65 bits per heavy atom. The third-order valence-corrected chi connectivity index (χ3v) is 4.34. The predicted octanol–water partition coefficient (Wildman–Crippen LogP) is 2.11. The summed E-state index contributed by atoms with van der Waals surface area (Å²) >= 11 is 0. The van der Waals surface area contributed by atoms with E-state index in [4.69, 9.17) is 9.84 Å². The molecule has 0 aliphatic heterocycles. The van der Waals surface area contributed by atoms with Crippen LogP contribution in [-0.4, -0.2) is 38.5 Å². The number of sulfone groups is 1. The molecule has 0 bridgehead atoms. The van der Waals surface area contributed by atoms with Crippen molar-refractivity contribution in [1.29, 1.82) is 0 Å². The number of carbonyl (C=O) groups is 1. The third-order valence-electron chi connectivity index (χ3n) is 2.67. The van der Waals surface area contributed by atoms with Crippen LogP contribution in [0.2, 0.25) is 0 Å². The van der Waals surface area contributed by atoms with Crippen molar-refractivity contribution in [3.05, 3.63) is 29.6 Å². The lowest BCUT2D eigenvalue weighted by atomic mass is 10.2. The van der Waals surface area contributed by atoms with Crippen LogP contribution in [0.25, 0.3) is 0 Å². The summed E-state index contributed by atoms with van der Waals surface area (Å²) in [5.74, 6) is -2.73. The number of halogens is 1. The van der Waals surface area contributed by atoms with E-state index in [2.05, 4.69) is 0 Å². The lowest BCUT2D eigenvalue weighted by molar-refractivity contribution is 0.0691. The summed E-state index contributed by atoms with van der Waals surface area (Å²) in [4.78, 5) is 10.6. The first-order valence-corrected chi connectivity index (χ1v) is 7.87. The predicted molar refractivity (Wildman–Crippen MR) is 71.1 cm³/mol. The quantitative estimate of drug-likeness (QED) is 0.587. The fraction of sp³-hybridized carbons (Fsp3) is 0.462. The highest BCUT2D eigenvalue weighted by molar-refractivity contribution is 7.91. The van der Waals surface area contributed by atoms with E-state index in [1.807, 2.05) is 6.92 Å². The van der Waals surface area contributed by atoms with E-state index in [0.717, 1.165) is 31.0 Å². The van der Waals surface area contributed by atoms with Crippen LogP contribution in [0.4, 0.5) is 4.39 Å². The number of benzene rings is 1. The molecule has 1 N–H and O–H groups in total. The number of carboxylic acids is 1. The van der Waals surface area contributed by atoms with Gasteiger partial charge in [-0.2, -0.15) is 0 Å². The van der Waals surface area contributed by atoms with E-state index < -0.39 is 27.2 Å². The highest BCUT2D eigenvalue weighted by Crippen LogP contribution is 2.16. The maximum absolute atomic E-state index is 13.2. The molecule has 0 heterocycles. The van der Waals surface area contributed by atoms with Gasteiger partial charge in [-0.1, -0.05) is 13.3 Å². The third kappa shape index (κ3) is 4.57. The molecule has 20 heavy (non-hydrogen) atoms. The van der Waals surface area contributed by atoms with Crippen molar-refractivity contribution in [2.24, 2.45) is 0 Å². The Labute approximate surface area is 117 Å². The summed E-state index contributed by atoms with van der Waals surface area (Å²) in [6.07, 6.45) is 1.80. The maximum atomic E-state index is 13.2. The van der Waals surface area contributed by atoms with Gasteiger partial charge in [0.2, 0.25) is 0 Å². The van der Waals surface area contributed by atoms with E-state index in [9.17, 15) is 17.6 Å². The van der Waals surface area contributed by atoms with Crippen LogP contribution in [0.1, 0.15) is 30.1 Å². The van der Waals surface area contributed by atoms with E-state index >= 15 is 0 Å². The zero-order valence-corrected chi connectivity index (χ0v) is 12.0. The van der Waals surface area contributed by atoms with Gasteiger partial charge in [0.25, 0.3) is 0 Å². The molecule has 0 atom stereocenters. The molecule has 0 aliphatic rings. The van der Waals surface area contributed by atoms with Crippen LogP contribution >= 0.6 is 0 Å². The monoisotopic (exact) mass is 304 g/mol. The summed E-state index contributed by atoms with van der Waals surface area (Å²) in [6, 6.07) is 2.73. The molecule has 0 radical (unpaired) electrons. The standard InChI is InChI=1S/C13H17FO5S/c1-2-3-6-19-7-8-20(17,18)10-4-5-12(14)11(9-10)13(15)16/h4-5,9H,2-3,6-8H2,1H3,(H,15,16). The molecular formula is C13H17FO5S. The topological polar surface area (TPSA) is 80.7 Å². The van der Waals surface area contributed by atoms with E-state index in [0.29, 0.717) is 6.61 Å². The Morgan fingerprint density at radius 1 is 1.35 bits per heavy atom. The first-order chi connectivity index (χ1) is 9.38. The minimum absolute atomic E-state index is 0.0299. The number of unbranched alkanes of at least 4 members (excludes halogenated alkanes) is 1. The molecule has 0 saturated heterocycles. The zero-order chi connectivity index (χ0) is 15.2. The Kier molecular flexibility index (Phi) is 6.09. The summed E-state index contributed by atoms with van der Waals surface area (Å²) in [5.41, 5.74) is -0.655. The molecule has 1 rings (SSSR count). The minimum Gasteiger partial charge on any atom is -0.478 e. The van der Waals surface area contributed by atoms with Crippen molar-refractivity contribution < 1.29 is 27.4 Å². The van der Waals surface area contributed by atoms with Crippen molar-refractivity contribution in [1.82, 2.24) is 0 Å². The molecule has 0 amide bonds. The van der Waals surface area contributed by atoms with Crippen molar-refractivity contribution in [3.63, 3.8) is 0 Å². The van der Waals surface area contributed by atoms with Crippen LogP contribution in [0.5, 0.6) is 0 Å². The maximum Gasteiger partial charge on any atom is 0.338 e. The highest BCUT2D eigenvalue weighted by Gasteiger charge is 2.19. The summed E-state index contributed by atoms with van der Waals surface area (Å²) < 4.78 is 42.3.